The van der Waals surface area contributed by atoms with Crippen molar-refractivity contribution in [2.75, 3.05) is 0 Å². The molecule has 200 valence electrons. The molecule has 0 aliphatic heterocycles. The Kier molecular flexibility index (Phi) is 5.75. The van der Waals surface area contributed by atoms with Gasteiger partial charge in [-0.15, -0.1) is 0 Å². The maximum atomic E-state index is 11.0. The average Bonchev–Trinajstić information content (AvgIpc) is 3.27. The maximum Gasteiger partial charge on any atom is 0.219 e. The molecule has 0 radical (unpaired) electrons. The van der Waals surface area contributed by atoms with Gasteiger partial charge in [0.1, 0.15) is 22.8 Å². The van der Waals surface area contributed by atoms with Crippen molar-refractivity contribution < 1.29 is 9.84 Å². The van der Waals surface area contributed by atoms with Gasteiger partial charge >= 0.3 is 0 Å². The van der Waals surface area contributed by atoms with E-state index < -0.39 is 0 Å². The first kappa shape index (κ1) is 24.9. The van der Waals surface area contributed by atoms with Crippen LogP contribution in [0.4, 0.5) is 0 Å². The van der Waals surface area contributed by atoms with Crippen LogP contribution < -0.4 is 4.74 Å². The largest absolute Gasteiger partial charge is 0.506 e. The summed E-state index contributed by atoms with van der Waals surface area (Å²) in [4.78, 5) is 9.39. The highest BCUT2D eigenvalue weighted by molar-refractivity contribution is 6.09. The lowest BCUT2D eigenvalue weighted by atomic mass is 9.93. The second-order valence-electron chi connectivity index (χ2n) is 10.8. The molecule has 7 aromatic rings. The highest BCUT2D eigenvalue weighted by Gasteiger charge is 2.15. The third kappa shape index (κ3) is 4.27. The van der Waals surface area contributed by atoms with Crippen LogP contribution in [0.15, 0.2) is 97.2 Å². The topological polar surface area (TPSA) is 60.2 Å². The normalized spacial score (nSPS) is 11.5. The van der Waals surface area contributed by atoms with Crippen molar-refractivity contribution in [3.8, 4) is 34.3 Å². The van der Waals surface area contributed by atoms with E-state index in [9.17, 15) is 5.11 Å². The number of aromatic hydroxyl groups is 1. The van der Waals surface area contributed by atoms with Crippen molar-refractivity contribution >= 4 is 32.7 Å². The van der Waals surface area contributed by atoms with Crippen LogP contribution in [0, 0.1) is 27.7 Å². The first-order valence-corrected chi connectivity index (χ1v) is 13.7. The van der Waals surface area contributed by atoms with Crippen molar-refractivity contribution in [2.24, 2.45) is 0 Å². The smallest absolute Gasteiger partial charge is 0.219 e. The molecule has 1 N–H and O–H groups in total. The number of nitrogens with zero attached hydrogens (tertiary/aromatic N) is 3. The molecule has 0 saturated carbocycles. The van der Waals surface area contributed by atoms with E-state index in [4.69, 9.17) is 9.72 Å². The minimum absolute atomic E-state index is 0.128. The van der Waals surface area contributed by atoms with E-state index >= 15 is 0 Å². The molecule has 7 rings (SSSR count). The summed E-state index contributed by atoms with van der Waals surface area (Å²) in [6, 6.07) is 30.5. The van der Waals surface area contributed by atoms with E-state index in [-0.39, 0.29) is 5.75 Å². The zero-order valence-electron chi connectivity index (χ0n) is 23.4. The minimum Gasteiger partial charge on any atom is -0.506 e. The van der Waals surface area contributed by atoms with Crippen molar-refractivity contribution in [3.63, 3.8) is 0 Å². The van der Waals surface area contributed by atoms with Crippen LogP contribution in [0.2, 0.25) is 0 Å². The molecule has 0 bridgehead atoms. The van der Waals surface area contributed by atoms with Crippen molar-refractivity contribution in [1.82, 2.24) is 14.5 Å². The van der Waals surface area contributed by atoms with Crippen LogP contribution >= 0.6 is 0 Å². The molecule has 3 aromatic heterocycles. The van der Waals surface area contributed by atoms with Gasteiger partial charge in [0.2, 0.25) is 5.88 Å². The lowest BCUT2D eigenvalue weighted by Crippen LogP contribution is -1.97. The third-order valence-corrected chi connectivity index (χ3v) is 7.70. The summed E-state index contributed by atoms with van der Waals surface area (Å²) >= 11 is 0. The lowest BCUT2D eigenvalue weighted by molar-refractivity contribution is 0.460. The Balaban J connectivity index is 1.29. The van der Waals surface area contributed by atoms with Crippen molar-refractivity contribution in [2.45, 2.75) is 27.7 Å². The van der Waals surface area contributed by atoms with Crippen LogP contribution in [-0.4, -0.2) is 19.6 Å². The number of fused-ring (bicyclic) bond motifs is 4. The molecule has 0 saturated heterocycles. The van der Waals surface area contributed by atoms with Gasteiger partial charge in [0, 0.05) is 34.5 Å². The first-order chi connectivity index (χ1) is 19.9. The Morgan fingerprint density at radius 1 is 0.707 bits per heavy atom. The average molecular weight is 536 g/mol. The SMILES string of the molecule is Cc1ccc(-n2c3ccccc3c3ccc(Oc4ccc5cc(-c6c(C)cc(C)cc6C)cc(O)c5n4)cc32)nc1. The summed E-state index contributed by atoms with van der Waals surface area (Å²) < 4.78 is 8.43. The molecule has 41 heavy (non-hydrogen) atoms. The Labute approximate surface area is 238 Å². The van der Waals surface area contributed by atoms with E-state index in [1.54, 1.807) is 6.07 Å². The number of phenolic OH excluding ortho intramolecular Hbond substituents is 1. The predicted molar refractivity (Wildman–Crippen MR) is 166 cm³/mol. The summed E-state index contributed by atoms with van der Waals surface area (Å²) in [7, 11) is 0. The van der Waals surface area contributed by atoms with Gasteiger partial charge in [0.05, 0.1) is 11.0 Å². The molecule has 0 unspecified atom stereocenters. The lowest BCUT2D eigenvalue weighted by Gasteiger charge is -2.14. The third-order valence-electron chi connectivity index (χ3n) is 7.70. The number of rotatable bonds is 4. The summed E-state index contributed by atoms with van der Waals surface area (Å²) in [6.07, 6.45) is 1.88. The Hall–Kier alpha value is -5.16. The van der Waals surface area contributed by atoms with Gasteiger partial charge in [-0.2, -0.15) is 0 Å². The number of benzene rings is 4. The van der Waals surface area contributed by atoms with Crippen LogP contribution in [0.5, 0.6) is 17.4 Å². The number of hydrogen-bond donors (Lipinski definition) is 1. The van der Waals surface area contributed by atoms with Crippen LogP contribution in [0.1, 0.15) is 22.3 Å². The molecule has 0 atom stereocenters. The van der Waals surface area contributed by atoms with E-state index in [2.05, 4.69) is 78.9 Å². The summed E-state index contributed by atoms with van der Waals surface area (Å²) in [5, 5.41) is 14.1. The van der Waals surface area contributed by atoms with E-state index in [0.29, 0.717) is 17.1 Å². The monoisotopic (exact) mass is 535 g/mol. The number of para-hydroxylation sites is 1. The predicted octanol–water partition coefficient (Wildman–Crippen LogP) is 9.13. The highest BCUT2D eigenvalue weighted by atomic mass is 16.5. The molecule has 0 aliphatic carbocycles. The molecule has 4 aromatic carbocycles. The van der Waals surface area contributed by atoms with Gasteiger partial charge in [-0.1, -0.05) is 42.0 Å². The zero-order valence-corrected chi connectivity index (χ0v) is 23.4. The molecular formula is C36H29N3O2. The molecule has 5 heteroatoms. The molecule has 0 amide bonds. The highest BCUT2D eigenvalue weighted by Crippen LogP contribution is 2.37. The maximum absolute atomic E-state index is 11.0. The molecular weight excluding hydrogens is 506 g/mol. The Bertz CT molecular complexity index is 2100. The van der Waals surface area contributed by atoms with E-state index in [1.807, 2.05) is 49.5 Å². The summed E-state index contributed by atoms with van der Waals surface area (Å²) in [5.41, 5.74) is 9.41. The fourth-order valence-corrected chi connectivity index (χ4v) is 6.01. The molecule has 5 nitrogen and oxygen atoms in total. The molecule has 0 fully saturated rings. The molecule has 0 spiro atoms. The second kappa shape index (κ2) is 9.49. The fraction of sp³-hybridized carbons (Fsp3) is 0.111. The van der Waals surface area contributed by atoms with Gasteiger partial charge in [-0.3, -0.25) is 4.57 Å². The van der Waals surface area contributed by atoms with Gasteiger partial charge < -0.3 is 9.84 Å². The number of aromatic nitrogens is 3. The standard InChI is InChI=1S/C36H29N3O2/c1-21-9-13-33(37-20-21)39-30-8-6-5-7-28(30)29-12-11-27(19-31(29)39)41-34-14-10-25-17-26(18-32(40)36(25)38-34)35-23(3)15-22(2)16-24(35)4/h5-20,40H,1-4H3. The number of ether oxygens (including phenoxy) is 1. The number of hydrogen-bond acceptors (Lipinski definition) is 4. The zero-order chi connectivity index (χ0) is 28.2. The van der Waals surface area contributed by atoms with Crippen LogP contribution in [-0.2, 0) is 0 Å². The number of pyridine rings is 2. The minimum atomic E-state index is 0.128. The quantitative estimate of drug-likeness (QED) is 0.244. The van der Waals surface area contributed by atoms with Gasteiger partial charge in [0.25, 0.3) is 0 Å². The van der Waals surface area contributed by atoms with Gasteiger partial charge in [0.15, 0.2) is 0 Å². The number of phenols is 1. The van der Waals surface area contributed by atoms with Crippen molar-refractivity contribution in [1.29, 1.82) is 0 Å². The van der Waals surface area contributed by atoms with Gasteiger partial charge in [-0.05, 0) is 98.0 Å². The fourth-order valence-electron chi connectivity index (χ4n) is 6.01. The molecule has 0 aliphatic rings. The van der Waals surface area contributed by atoms with Crippen LogP contribution in [0.3, 0.4) is 0 Å². The summed E-state index contributed by atoms with van der Waals surface area (Å²) in [6.45, 7) is 8.35. The van der Waals surface area contributed by atoms with Crippen LogP contribution in [0.25, 0.3) is 49.7 Å². The summed E-state index contributed by atoms with van der Waals surface area (Å²) in [5.74, 6) is 2.05. The van der Waals surface area contributed by atoms with E-state index in [0.717, 1.165) is 49.7 Å². The first-order valence-electron chi connectivity index (χ1n) is 13.7. The van der Waals surface area contributed by atoms with E-state index in [1.165, 1.54) is 16.7 Å². The molecule has 3 heterocycles. The Morgan fingerprint density at radius 2 is 1.49 bits per heavy atom. The van der Waals surface area contributed by atoms with Gasteiger partial charge in [-0.25, -0.2) is 9.97 Å². The number of aryl methyl sites for hydroxylation is 4. The Morgan fingerprint density at radius 3 is 2.27 bits per heavy atom. The van der Waals surface area contributed by atoms with Crippen molar-refractivity contribution in [3.05, 3.63) is 119 Å². The second-order valence-corrected chi connectivity index (χ2v) is 10.8.